The molecule has 6 heteroatoms. The van der Waals surface area contributed by atoms with Crippen LogP contribution < -0.4 is 10.5 Å². The minimum Gasteiger partial charge on any atom is -0.487 e. The second-order valence-corrected chi connectivity index (χ2v) is 3.20. The van der Waals surface area contributed by atoms with E-state index in [0.29, 0.717) is 18.8 Å². The van der Waals surface area contributed by atoms with E-state index in [-0.39, 0.29) is 24.1 Å². The molecule has 2 N–H and O–H groups in total. The van der Waals surface area contributed by atoms with Crippen LogP contribution in [0.4, 0.5) is 5.69 Å². The summed E-state index contributed by atoms with van der Waals surface area (Å²) in [5.41, 5.74) is 6.54. The van der Waals surface area contributed by atoms with Crippen LogP contribution in [0.15, 0.2) is 18.2 Å². The fraction of sp³-hybridized carbons (Fsp3) is 0.333. The molecule has 1 aromatic carbocycles. The summed E-state index contributed by atoms with van der Waals surface area (Å²) in [6.07, 6.45) is 0.703. The molecule has 0 radical (unpaired) electrons. The molecule has 0 amide bonds. The van der Waals surface area contributed by atoms with E-state index in [1.807, 2.05) is 0 Å². The molecule has 1 aliphatic heterocycles. The van der Waals surface area contributed by atoms with E-state index >= 15 is 0 Å². The van der Waals surface area contributed by atoms with Gasteiger partial charge in [-0.1, -0.05) is 12.1 Å². The number of ether oxygens (including phenoxy) is 1. The second kappa shape index (κ2) is 4.46. The quantitative estimate of drug-likeness (QED) is 0.589. The number of nitro groups is 1. The van der Waals surface area contributed by atoms with Crippen LogP contribution in [0.5, 0.6) is 5.75 Å². The van der Waals surface area contributed by atoms with E-state index < -0.39 is 4.92 Å². The SMILES string of the molecule is Cl.N[C@H]1CCOc2c1cccc2[N+](=O)[O-]. The van der Waals surface area contributed by atoms with Crippen LogP contribution in [0.2, 0.25) is 0 Å². The zero-order valence-corrected chi connectivity index (χ0v) is 8.70. The van der Waals surface area contributed by atoms with Crippen molar-refractivity contribution in [1.82, 2.24) is 0 Å². The molecular formula is C9H11ClN2O3. The molecule has 15 heavy (non-hydrogen) atoms. The number of rotatable bonds is 1. The molecule has 1 aliphatic rings. The molecular weight excluding hydrogens is 220 g/mol. The van der Waals surface area contributed by atoms with Crippen molar-refractivity contribution in [2.75, 3.05) is 6.61 Å². The summed E-state index contributed by atoms with van der Waals surface area (Å²) in [5.74, 6) is 0.330. The Labute approximate surface area is 92.8 Å². The number of nitrogens with two attached hydrogens (primary N) is 1. The predicted octanol–water partition coefficient (Wildman–Crippen LogP) is 1.80. The molecule has 0 fully saturated rings. The molecule has 1 atom stereocenters. The maximum Gasteiger partial charge on any atom is 0.311 e. The molecule has 5 nitrogen and oxygen atoms in total. The summed E-state index contributed by atoms with van der Waals surface area (Å²) in [4.78, 5) is 10.2. The fourth-order valence-corrected chi connectivity index (χ4v) is 1.58. The van der Waals surface area contributed by atoms with Gasteiger partial charge < -0.3 is 10.5 Å². The third-order valence-electron chi connectivity index (χ3n) is 2.30. The van der Waals surface area contributed by atoms with Gasteiger partial charge in [0.1, 0.15) is 0 Å². The van der Waals surface area contributed by atoms with Crippen LogP contribution >= 0.6 is 12.4 Å². The number of fused-ring (bicyclic) bond motifs is 1. The highest BCUT2D eigenvalue weighted by molar-refractivity contribution is 5.85. The third kappa shape index (κ3) is 2.03. The first kappa shape index (κ1) is 11.7. The second-order valence-electron chi connectivity index (χ2n) is 3.20. The lowest BCUT2D eigenvalue weighted by Gasteiger charge is -2.22. The Morgan fingerprint density at radius 3 is 2.93 bits per heavy atom. The van der Waals surface area contributed by atoms with Gasteiger partial charge in [-0.2, -0.15) is 0 Å². The number of nitro benzene ring substituents is 1. The first-order chi connectivity index (χ1) is 6.70. The van der Waals surface area contributed by atoms with Gasteiger partial charge in [0.15, 0.2) is 0 Å². The van der Waals surface area contributed by atoms with Crippen molar-refractivity contribution in [3.05, 3.63) is 33.9 Å². The summed E-state index contributed by atoms with van der Waals surface area (Å²) in [6, 6.07) is 4.67. The van der Waals surface area contributed by atoms with Crippen LogP contribution in [0.25, 0.3) is 0 Å². The standard InChI is InChI=1S/C9H10N2O3.ClH/c10-7-4-5-14-9-6(7)2-1-3-8(9)11(12)13;/h1-3,7H,4-5,10H2;1H/t7-;/m0./s1. The van der Waals surface area contributed by atoms with Gasteiger partial charge in [-0.05, 0) is 0 Å². The van der Waals surface area contributed by atoms with E-state index in [0.717, 1.165) is 5.56 Å². The highest BCUT2D eigenvalue weighted by atomic mass is 35.5. The molecule has 0 aromatic heterocycles. The Hall–Kier alpha value is -1.33. The topological polar surface area (TPSA) is 78.4 Å². The molecule has 1 heterocycles. The highest BCUT2D eigenvalue weighted by Crippen LogP contribution is 2.37. The summed E-state index contributed by atoms with van der Waals surface area (Å²) in [6.45, 7) is 0.443. The summed E-state index contributed by atoms with van der Waals surface area (Å²) in [7, 11) is 0. The lowest BCUT2D eigenvalue weighted by Crippen LogP contribution is -2.21. The Kier molecular flexibility index (Phi) is 3.49. The van der Waals surface area contributed by atoms with E-state index in [1.165, 1.54) is 6.07 Å². The van der Waals surface area contributed by atoms with Crippen molar-refractivity contribution >= 4 is 18.1 Å². The van der Waals surface area contributed by atoms with E-state index in [2.05, 4.69) is 0 Å². The van der Waals surface area contributed by atoms with Gasteiger partial charge in [0.25, 0.3) is 0 Å². The van der Waals surface area contributed by atoms with Gasteiger partial charge in [0, 0.05) is 24.1 Å². The van der Waals surface area contributed by atoms with Gasteiger partial charge in [-0.25, -0.2) is 0 Å². The number of para-hydroxylation sites is 1. The smallest absolute Gasteiger partial charge is 0.311 e. The summed E-state index contributed by atoms with van der Waals surface area (Å²) < 4.78 is 5.26. The molecule has 0 unspecified atom stereocenters. The van der Waals surface area contributed by atoms with Gasteiger partial charge in [-0.15, -0.1) is 12.4 Å². The largest absolute Gasteiger partial charge is 0.487 e. The normalized spacial score (nSPS) is 18.3. The van der Waals surface area contributed by atoms with Gasteiger partial charge in [-0.3, -0.25) is 10.1 Å². The molecule has 0 saturated heterocycles. The number of hydrogen-bond donors (Lipinski definition) is 1. The Morgan fingerprint density at radius 2 is 2.27 bits per heavy atom. The van der Waals surface area contributed by atoms with E-state index in [4.69, 9.17) is 10.5 Å². The lowest BCUT2D eigenvalue weighted by atomic mass is 10.0. The predicted molar refractivity (Wildman–Crippen MR) is 57.4 cm³/mol. The molecule has 1 aromatic rings. The maximum absolute atomic E-state index is 10.7. The molecule has 0 aliphatic carbocycles. The zero-order valence-electron chi connectivity index (χ0n) is 7.88. The fourth-order valence-electron chi connectivity index (χ4n) is 1.58. The zero-order chi connectivity index (χ0) is 10.1. The van der Waals surface area contributed by atoms with E-state index in [9.17, 15) is 10.1 Å². The van der Waals surface area contributed by atoms with Crippen LogP contribution in [0.3, 0.4) is 0 Å². The molecule has 2 rings (SSSR count). The van der Waals surface area contributed by atoms with Gasteiger partial charge >= 0.3 is 5.69 Å². The molecule has 82 valence electrons. The van der Waals surface area contributed by atoms with Crippen LogP contribution in [-0.2, 0) is 0 Å². The van der Waals surface area contributed by atoms with Crippen LogP contribution in [-0.4, -0.2) is 11.5 Å². The number of halogens is 1. The van der Waals surface area contributed by atoms with Gasteiger partial charge in [0.05, 0.1) is 11.5 Å². The molecule has 0 saturated carbocycles. The number of hydrogen-bond acceptors (Lipinski definition) is 4. The van der Waals surface area contributed by atoms with Crippen molar-refractivity contribution in [2.24, 2.45) is 5.73 Å². The number of benzene rings is 1. The summed E-state index contributed by atoms with van der Waals surface area (Å²) >= 11 is 0. The first-order valence-electron chi connectivity index (χ1n) is 4.36. The van der Waals surface area contributed by atoms with Crippen LogP contribution in [0, 0.1) is 10.1 Å². The lowest BCUT2D eigenvalue weighted by molar-refractivity contribution is -0.386. The summed E-state index contributed by atoms with van der Waals surface area (Å²) in [5, 5.41) is 10.7. The Balaban J connectivity index is 0.00000112. The monoisotopic (exact) mass is 230 g/mol. The average molecular weight is 231 g/mol. The first-order valence-corrected chi connectivity index (χ1v) is 4.36. The minimum absolute atomic E-state index is 0. The van der Waals surface area contributed by atoms with Crippen molar-refractivity contribution in [3.63, 3.8) is 0 Å². The van der Waals surface area contributed by atoms with Crippen molar-refractivity contribution in [3.8, 4) is 5.75 Å². The van der Waals surface area contributed by atoms with Crippen LogP contribution in [0.1, 0.15) is 18.0 Å². The van der Waals surface area contributed by atoms with Crippen molar-refractivity contribution in [2.45, 2.75) is 12.5 Å². The Morgan fingerprint density at radius 1 is 1.53 bits per heavy atom. The van der Waals surface area contributed by atoms with Crippen molar-refractivity contribution in [1.29, 1.82) is 0 Å². The van der Waals surface area contributed by atoms with E-state index in [1.54, 1.807) is 12.1 Å². The van der Waals surface area contributed by atoms with Gasteiger partial charge in [0.2, 0.25) is 5.75 Å². The highest BCUT2D eigenvalue weighted by Gasteiger charge is 2.25. The van der Waals surface area contributed by atoms with Crippen molar-refractivity contribution < 1.29 is 9.66 Å². The average Bonchev–Trinajstić information content (AvgIpc) is 2.17. The Bertz CT molecular complexity index is 384. The maximum atomic E-state index is 10.7. The minimum atomic E-state index is -0.448. The number of nitrogens with zero attached hydrogens (tertiary/aromatic N) is 1. The molecule has 0 spiro atoms. The molecule has 0 bridgehead atoms. The third-order valence-corrected chi connectivity index (χ3v) is 2.30.